The Hall–Kier alpha value is -1.56. The van der Waals surface area contributed by atoms with Crippen LogP contribution in [-0.2, 0) is 0 Å². The van der Waals surface area contributed by atoms with E-state index in [0.29, 0.717) is 11.2 Å². The standard InChI is InChI=1S/C15H22N4OS/c1-5-21-10-7-11(2)18(4)15(20)13-12(3)17-19-9-6-8-16-14(13)19/h6,8-9,11H,5,7,10H2,1-4H3. The van der Waals surface area contributed by atoms with Crippen LogP contribution in [0, 0.1) is 6.92 Å². The molecule has 2 aromatic heterocycles. The molecule has 0 N–H and O–H groups in total. The first-order chi connectivity index (χ1) is 10.1. The molecular formula is C15H22N4OS. The Labute approximate surface area is 129 Å². The van der Waals surface area contributed by atoms with E-state index in [1.165, 1.54) is 0 Å². The van der Waals surface area contributed by atoms with Crippen molar-refractivity contribution in [2.75, 3.05) is 18.6 Å². The molecule has 2 rings (SSSR count). The van der Waals surface area contributed by atoms with Gasteiger partial charge in [0.25, 0.3) is 5.91 Å². The third kappa shape index (κ3) is 3.37. The lowest BCUT2D eigenvalue weighted by Gasteiger charge is -2.24. The monoisotopic (exact) mass is 306 g/mol. The summed E-state index contributed by atoms with van der Waals surface area (Å²) in [5, 5.41) is 4.35. The van der Waals surface area contributed by atoms with Crippen molar-refractivity contribution in [3.63, 3.8) is 0 Å². The molecule has 0 radical (unpaired) electrons. The number of rotatable bonds is 6. The van der Waals surface area contributed by atoms with Gasteiger partial charge < -0.3 is 4.90 Å². The number of carbonyl (C=O) groups excluding carboxylic acids is 1. The molecular weight excluding hydrogens is 284 g/mol. The highest BCUT2D eigenvalue weighted by Gasteiger charge is 2.24. The summed E-state index contributed by atoms with van der Waals surface area (Å²) in [6.07, 6.45) is 4.49. The van der Waals surface area contributed by atoms with Crippen LogP contribution in [0.3, 0.4) is 0 Å². The molecule has 0 fully saturated rings. The van der Waals surface area contributed by atoms with Crippen molar-refractivity contribution in [3.05, 3.63) is 29.7 Å². The van der Waals surface area contributed by atoms with E-state index in [4.69, 9.17) is 0 Å². The lowest BCUT2D eigenvalue weighted by molar-refractivity contribution is 0.0742. The maximum Gasteiger partial charge on any atom is 0.259 e. The second-order valence-electron chi connectivity index (χ2n) is 5.10. The van der Waals surface area contributed by atoms with Gasteiger partial charge in [-0.2, -0.15) is 16.9 Å². The largest absolute Gasteiger partial charge is 0.339 e. The fourth-order valence-electron chi connectivity index (χ4n) is 2.22. The zero-order valence-electron chi connectivity index (χ0n) is 13.0. The van der Waals surface area contributed by atoms with Gasteiger partial charge in [0.2, 0.25) is 0 Å². The Morgan fingerprint density at radius 1 is 1.52 bits per heavy atom. The Morgan fingerprint density at radius 3 is 3.00 bits per heavy atom. The van der Waals surface area contributed by atoms with E-state index in [1.54, 1.807) is 15.6 Å². The summed E-state index contributed by atoms with van der Waals surface area (Å²) in [5.41, 5.74) is 1.95. The number of thioether (sulfide) groups is 1. The molecule has 1 amide bonds. The number of nitrogens with zero attached hydrogens (tertiary/aromatic N) is 4. The summed E-state index contributed by atoms with van der Waals surface area (Å²) in [7, 11) is 1.86. The first-order valence-corrected chi connectivity index (χ1v) is 8.36. The van der Waals surface area contributed by atoms with Crippen molar-refractivity contribution in [2.24, 2.45) is 0 Å². The van der Waals surface area contributed by atoms with Crippen LogP contribution in [0.4, 0.5) is 0 Å². The molecule has 2 aromatic rings. The van der Waals surface area contributed by atoms with Crippen molar-refractivity contribution in [1.29, 1.82) is 0 Å². The van der Waals surface area contributed by atoms with Crippen molar-refractivity contribution in [1.82, 2.24) is 19.5 Å². The summed E-state index contributed by atoms with van der Waals surface area (Å²) < 4.78 is 1.66. The van der Waals surface area contributed by atoms with Crippen LogP contribution in [-0.4, -0.2) is 50.0 Å². The maximum absolute atomic E-state index is 12.7. The highest BCUT2D eigenvalue weighted by molar-refractivity contribution is 7.99. The van der Waals surface area contributed by atoms with Gasteiger partial charge in [-0.05, 0) is 37.8 Å². The summed E-state index contributed by atoms with van der Waals surface area (Å²) in [6, 6.07) is 2.01. The molecule has 0 aromatic carbocycles. The van der Waals surface area contributed by atoms with E-state index in [0.717, 1.165) is 23.6 Å². The SMILES string of the molecule is CCSCCC(C)N(C)C(=O)c1c(C)nn2cccnc12. The van der Waals surface area contributed by atoms with Gasteiger partial charge in [0.1, 0.15) is 5.56 Å². The van der Waals surface area contributed by atoms with E-state index in [1.807, 2.05) is 38.0 Å². The average molecular weight is 306 g/mol. The average Bonchev–Trinajstić information content (AvgIpc) is 2.81. The van der Waals surface area contributed by atoms with Gasteiger partial charge in [0.15, 0.2) is 5.65 Å². The van der Waals surface area contributed by atoms with E-state index >= 15 is 0 Å². The Balaban J connectivity index is 2.19. The lowest BCUT2D eigenvalue weighted by Crippen LogP contribution is -2.35. The van der Waals surface area contributed by atoms with Gasteiger partial charge in [0.05, 0.1) is 5.69 Å². The maximum atomic E-state index is 12.7. The van der Waals surface area contributed by atoms with Crippen LogP contribution in [0.5, 0.6) is 0 Å². The fraction of sp³-hybridized carbons (Fsp3) is 0.533. The van der Waals surface area contributed by atoms with Crippen LogP contribution in [0.2, 0.25) is 0 Å². The van der Waals surface area contributed by atoms with Gasteiger partial charge >= 0.3 is 0 Å². The molecule has 0 spiro atoms. The topological polar surface area (TPSA) is 50.5 Å². The second-order valence-corrected chi connectivity index (χ2v) is 6.49. The minimum atomic E-state index is -0.00445. The van der Waals surface area contributed by atoms with Gasteiger partial charge in [0, 0.05) is 25.5 Å². The molecule has 0 bridgehead atoms. The summed E-state index contributed by atoms with van der Waals surface area (Å²) in [6.45, 7) is 6.09. The molecule has 1 unspecified atom stereocenters. The van der Waals surface area contributed by atoms with Crippen molar-refractivity contribution < 1.29 is 4.79 Å². The number of hydrogen-bond donors (Lipinski definition) is 0. The third-order valence-corrected chi connectivity index (χ3v) is 4.58. The Kier molecular flexibility index (Phi) is 5.22. The van der Waals surface area contributed by atoms with Crippen molar-refractivity contribution in [2.45, 2.75) is 33.2 Å². The van der Waals surface area contributed by atoms with E-state index in [2.05, 4.69) is 23.9 Å². The molecule has 0 saturated heterocycles. The number of hydrogen-bond acceptors (Lipinski definition) is 4. The van der Waals surface area contributed by atoms with Gasteiger partial charge in [-0.3, -0.25) is 4.79 Å². The number of fused-ring (bicyclic) bond motifs is 1. The third-order valence-electron chi connectivity index (χ3n) is 3.65. The summed E-state index contributed by atoms with van der Waals surface area (Å²) in [4.78, 5) is 18.8. The van der Waals surface area contributed by atoms with E-state index < -0.39 is 0 Å². The zero-order valence-corrected chi connectivity index (χ0v) is 13.9. The first-order valence-electron chi connectivity index (χ1n) is 7.21. The summed E-state index contributed by atoms with van der Waals surface area (Å²) >= 11 is 1.90. The molecule has 0 aliphatic heterocycles. The molecule has 0 saturated carbocycles. The molecule has 114 valence electrons. The van der Waals surface area contributed by atoms with Gasteiger partial charge in [-0.25, -0.2) is 9.50 Å². The lowest BCUT2D eigenvalue weighted by atomic mass is 10.1. The molecule has 21 heavy (non-hydrogen) atoms. The smallest absolute Gasteiger partial charge is 0.259 e. The zero-order chi connectivity index (χ0) is 15.4. The van der Waals surface area contributed by atoms with Gasteiger partial charge in [-0.15, -0.1) is 0 Å². The van der Waals surface area contributed by atoms with E-state index in [9.17, 15) is 4.79 Å². The highest BCUT2D eigenvalue weighted by atomic mass is 32.2. The van der Waals surface area contributed by atoms with Crippen molar-refractivity contribution >= 4 is 23.3 Å². The van der Waals surface area contributed by atoms with Crippen LogP contribution >= 0.6 is 11.8 Å². The van der Waals surface area contributed by atoms with Crippen LogP contribution < -0.4 is 0 Å². The van der Waals surface area contributed by atoms with Crippen molar-refractivity contribution in [3.8, 4) is 0 Å². The van der Waals surface area contributed by atoms with Crippen LogP contribution in [0.15, 0.2) is 18.5 Å². The quantitative estimate of drug-likeness (QED) is 0.770. The molecule has 1 atom stereocenters. The molecule has 2 heterocycles. The predicted octanol–water partition coefficient (Wildman–Crippen LogP) is 2.64. The minimum Gasteiger partial charge on any atom is -0.339 e. The highest BCUT2D eigenvalue weighted by Crippen LogP contribution is 2.17. The van der Waals surface area contributed by atoms with Crippen LogP contribution in [0.25, 0.3) is 5.65 Å². The number of aryl methyl sites for hydroxylation is 1. The van der Waals surface area contributed by atoms with Gasteiger partial charge in [-0.1, -0.05) is 6.92 Å². The second kappa shape index (κ2) is 6.93. The minimum absolute atomic E-state index is 0.00445. The molecule has 0 aliphatic carbocycles. The predicted molar refractivity (Wildman–Crippen MR) is 86.9 cm³/mol. The van der Waals surface area contributed by atoms with Crippen LogP contribution in [0.1, 0.15) is 36.3 Å². The fourth-order valence-corrected chi connectivity index (χ4v) is 3.01. The number of amides is 1. The Bertz CT molecular complexity index is 625. The molecule has 5 nitrogen and oxygen atoms in total. The van der Waals surface area contributed by atoms with E-state index in [-0.39, 0.29) is 11.9 Å². The Morgan fingerprint density at radius 2 is 2.29 bits per heavy atom. The normalized spacial score (nSPS) is 12.6. The summed E-state index contributed by atoms with van der Waals surface area (Å²) in [5.74, 6) is 2.18. The number of aromatic nitrogens is 3. The first kappa shape index (κ1) is 15.8. The molecule has 0 aliphatic rings. The number of carbonyl (C=O) groups is 1. The molecule has 6 heteroatoms.